The summed E-state index contributed by atoms with van der Waals surface area (Å²) in [4.78, 5) is 0. The van der Waals surface area contributed by atoms with Gasteiger partial charge in [-0.05, 0) is 25.0 Å². The van der Waals surface area contributed by atoms with Gasteiger partial charge in [-0.2, -0.15) is 0 Å². The molecule has 0 aromatic heterocycles. The molecule has 1 N–H and O–H groups in total. The van der Waals surface area contributed by atoms with Crippen molar-refractivity contribution in [1.29, 1.82) is 0 Å². The Balaban J connectivity index is 3.94. The van der Waals surface area contributed by atoms with E-state index in [9.17, 15) is 0 Å². The SMILES string of the molecule is C=C(O)/C=C(C)\C=C/CC. The third kappa shape index (κ3) is 5.16. The van der Waals surface area contributed by atoms with E-state index < -0.39 is 0 Å². The highest BCUT2D eigenvalue weighted by molar-refractivity contribution is 5.22. The lowest BCUT2D eigenvalue weighted by Crippen LogP contribution is -1.72. The average molecular weight is 138 g/mol. The number of hydrogen-bond acceptors (Lipinski definition) is 1. The van der Waals surface area contributed by atoms with Gasteiger partial charge in [0.15, 0.2) is 0 Å². The normalized spacial score (nSPS) is 12.4. The van der Waals surface area contributed by atoms with Crippen LogP contribution in [-0.4, -0.2) is 5.11 Å². The molecule has 0 aromatic carbocycles. The van der Waals surface area contributed by atoms with Gasteiger partial charge in [-0.15, -0.1) is 0 Å². The molecule has 0 rings (SSSR count). The van der Waals surface area contributed by atoms with Crippen molar-refractivity contribution in [3.8, 4) is 0 Å². The molecule has 0 aliphatic heterocycles. The summed E-state index contributed by atoms with van der Waals surface area (Å²) in [5.74, 6) is 0.109. The van der Waals surface area contributed by atoms with E-state index in [1.54, 1.807) is 6.08 Å². The minimum Gasteiger partial charge on any atom is -0.509 e. The highest BCUT2D eigenvalue weighted by atomic mass is 16.3. The molecule has 0 amide bonds. The molecule has 0 bridgehead atoms. The van der Waals surface area contributed by atoms with E-state index in [-0.39, 0.29) is 5.76 Å². The van der Waals surface area contributed by atoms with E-state index in [2.05, 4.69) is 13.5 Å². The molecule has 0 aliphatic carbocycles. The van der Waals surface area contributed by atoms with Gasteiger partial charge in [0.25, 0.3) is 0 Å². The van der Waals surface area contributed by atoms with Crippen molar-refractivity contribution in [2.45, 2.75) is 20.3 Å². The van der Waals surface area contributed by atoms with Gasteiger partial charge in [0, 0.05) is 0 Å². The molecule has 1 nitrogen and oxygen atoms in total. The van der Waals surface area contributed by atoms with Crippen LogP contribution in [0.3, 0.4) is 0 Å². The Morgan fingerprint density at radius 1 is 1.60 bits per heavy atom. The summed E-state index contributed by atoms with van der Waals surface area (Å²) in [6, 6.07) is 0. The lowest BCUT2D eigenvalue weighted by Gasteiger charge is -1.89. The molecule has 56 valence electrons. The molecule has 10 heavy (non-hydrogen) atoms. The lowest BCUT2D eigenvalue weighted by molar-refractivity contribution is 0.435. The van der Waals surface area contributed by atoms with Crippen molar-refractivity contribution in [1.82, 2.24) is 0 Å². The van der Waals surface area contributed by atoms with Gasteiger partial charge in [-0.3, -0.25) is 0 Å². The summed E-state index contributed by atoms with van der Waals surface area (Å²) in [7, 11) is 0. The minimum absolute atomic E-state index is 0.109. The Bertz CT molecular complexity index is 164. The maximum atomic E-state index is 8.72. The number of allylic oxidation sites excluding steroid dienone is 4. The zero-order valence-electron chi connectivity index (χ0n) is 6.59. The number of aliphatic hydroxyl groups excluding tert-OH is 1. The molecular weight excluding hydrogens is 124 g/mol. The van der Waals surface area contributed by atoms with Crippen molar-refractivity contribution in [3.05, 3.63) is 36.1 Å². The van der Waals surface area contributed by atoms with Gasteiger partial charge in [0.05, 0.1) is 0 Å². The second-order valence-electron chi connectivity index (χ2n) is 2.19. The topological polar surface area (TPSA) is 20.2 Å². The van der Waals surface area contributed by atoms with Gasteiger partial charge in [-0.25, -0.2) is 0 Å². The molecule has 1 heteroatoms. The molecule has 0 radical (unpaired) electrons. The Morgan fingerprint density at radius 2 is 2.20 bits per heavy atom. The fraction of sp³-hybridized carbons (Fsp3) is 0.333. The first-order chi connectivity index (χ1) is 4.66. The highest BCUT2D eigenvalue weighted by Crippen LogP contribution is 1.99. The zero-order valence-corrected chi connectivity index (χ0v) is 6.59. The van der Waals surface area contributed by atoms with E-state index in [0.717, 1.165) is 12.0 Å². The molecule has 0 aromatic rings. The second-order valence-corrected chi connectivity index (χ2v) is 2.19. The van der Waals surface area contributed by atoms with E-state index in [4.69, 9.17) is 5.11 Å². The maximum Gasteiger partial charge on any atom is 0.108 e. The molecule has 0 saturated carbocycles. The van der Waals surface area contributed by atoms with E-state index in [1.807, 2.05) is 19.1 Å². The summed E-state index contributed by atoms with van der Waals surface area (Å²) in [5.41, 5.74) is 1.02. The zero-order chi connectivity index (χ0) is 7.98. The van der Waals surface area contributed by atoms with Crippen LogP contribution in [0.2, 0.25) is 0 Å². The summed E-state index contributed by atoms with van der Waals surface area (Å²) in [6.07, 6.45) is 6.64. The molecule has 0 heterocycles. The summed E-state index contributed by atoms with van der Waals surface area (Å²) >= 11 is 0. The van der Waals surface area contributed by atoms with Crippen LogP contribution in [0.25, 0.3) is 0 Å². The molecule has 0 spiro atoms. The first-order valence-corrected chi connectivity index (χ1v) is 3.39. The predicted molar refractivity (Wildman–Crippen MR) is 45.0 cm³/mol. The fourth-order valence-electron chi connectivity index (χ4n) is 0.615. The Labute approximate surface area is 62.4 Å². The van der Waals surface area contributed by atoms with Crippen molar-refractivity contribution in [2.24, 2.45) is 0 Å². The van der Waals surface area contributed by atoms with Crippen LogP contribution in [0.5, 0.6) is 0 Å². The average Bonchev–Trinajstić information content (AvgIpc) is 1.82. The largest absolute Gasteiger partial charge is 0.509 e. The Kier molecular flexibility index (Phi) is 4.38. The van der Waals surface area contributed by atoms with Crippen molar-refractivity contribution >= 4 is 0 Å². The number of hydrogen-bond donors (Lipinski definition) is 1. The predicted octanol–water partition coefficient (Wildman–Crippen LogP) is 2.97. The third-order valence-electron chi connectivity index (χ3n) is 1.01. The van der Waals surface area contributed by atoms with Crippen LogP contribution < -0.4 is 0 Å². The van der Waals surface area contributed by atoms with Crippen LogP contribution in [0.15, 0.2) is 36.1 Å². The first-order valence-electron chi connectivity index (χ1n) is 3.39. The minimum atomic E-state index is 0.109. The summed E-state index contributed by atoms with van der Waals surface area (Å²) < 4.78 is 0. The number of rotatable bonds is 3. The van der Waals surface area contributed by atoms with Crippen LogP contribution in [0.4, 0.5) is 0 Å². The summed E-state index contributed by atoms with van der Waals surface area (Å²) in [6.45, 7) is 7.34. The molecule has 0 fully saturated rings. The Morgan fingerprint density at radius 3 is 2.60 bits per heavy atom. The summed E-state index contributed by atoms with van der Waals surface area (Å²) in [5, 5.41) is 8.72. The van der Waals surface area contributed by atoms with Crippen molar-refractivity contribution in [3.63, 3.8) is 0 Å². The smallest absolute Gasteiger partial charge is 0.108 e. The molecule has 0 aliphatic rings. The van der Waals surface area contributed by atoms with E-state index in [0.29, 0.717) is 0 Å². The highest BCUT2D eigenvalue weighted by Gasteiger charge is 1.81. The van der Waals surface area contributed by atoms with Gasteiger partial charge < -0.3 is 5.11 Å². The van der Waals surface area contributed by atoms with Gasteiger partial charge in [-0.1, -0.05) is 25.7 Å². The van der Waals surface area contributed by atoms with Crippen molar-refractivity contribution < 1.29 is 5.11 Å². The quantitative estimate of drug-likeness (QED) is 0.469. The van der Waals surface area contributed by atoms with E-state index in [1.165, 1.54) is 0 Å². The van der Waals surface area contributed by atoms with Gasteiger partial charge in [0.2, 0.25) is 0 Å². The maximum absolute atomic E-state index is 8.72. The lowest BCUT2D eigenvalue weighted by atomic mass is 10.2. The molecular formula is C9H14O. The van der Waals surface area contributed by atoms with Gasteiger partial charge in [0.1, 0.15) is 5.76 Å². The molecule has 0 unspecified atom stereocenters. The van der Waals surface area contributed by atoms with Crippen molar-refractivity contribution in [2.75, 3.05) is 0 Å². The third-order valence-corrected chi connectivity index (χ3v) is 1.01. The fourth-order valence-corrected chi connectivity index (χ4v) is 0.615. The molecule has 0 saturated heterocycles. The number of aliphatic hydroxyl groups is 1. The van der Waals surface area contributed by atoms with Crippen LogP contribution in [0.1, 0.15) is 20.3 Å². The first kappa shape index (κ1) is 9.02. The second kappa shape index (κ2) is 4.86. The Hall–Kier alpha value is -0.980. The monoisotopic (exact) mass is 138 g/mol. The van der Waals surface area contributed by atoms with Crippen LogP contribution in [-0.2, 0) is 0 Å². The molecule has 0 atom stereocenters. The van der Waals surface area contributed by atoms with Crippen LogP contribution >= 0.6 is 0 Å². The van der Waals surface area contributed by atoms with E-state index >= 15 is 0 Å². The standard InChI is InChI=1S/C9H14O/c1-4-5-6-8(2)7-9(3)10/h5-7,10H,3-4H2,1-2H3/b6-5-,8-7-. The van der Waals surface area contributed by atoms with Gasteiger partial charge >= 0.3 is 0 Å². The van der Waals surface area contributed by atoms with Crippen LogP contribution in [0, 0.1) is 0 Å².